The average molecular weight is 256 g/mol. The fourth-order valence-electron chi connectivity index (χ4n) is 2.66. The van der Waals surface area contributed by atoms with Crippen LogP contribution in [0.4, 0.5) is 0 Å². The van der Waals surface area contributed by atoms with Crippen LogP contribution in [0.1, 0.15) is 50.8 Å². The zero-order valence-electron chi connectivity index (χ0n) is 12.5. The molecule has 0 heterocycles. The van der Waals surface area contributed by atoms with Crippen LogP contribution in [-0.4, -0.2) is 6.61 Å². The highest BCUT2D eigenvalue weighted by molar-refractivity contribution is 5.67. The standard InChI is InChI=1S/C18H24O/c1-6-19-13(2)15-11-10-14-8-7-9-17(16(14)12-15)18(3,4)5/h7-9,12H,2,6,10-11H2,1,3-5H3. The highest BCUT2D eigenvalue weighted by atomic mass is 16.5. The van der Waals surface area contributed by atoms with Crippen molar-refractivity contribution in [2.75, 3.05) is 6.61 Å². The number of hydrogen-bond donors (Lipinski definition) is 0. The van der Waals surface area contributed by atoms with Crippen LogP contribution in [-0.2, 0) is 16.6 Å². The normalized spacial score (nSPS) is 14.6. The minimum Gasteiger partial charge on any atom is -0.494 e. The van der Waals surface area contributed by atoms with E-state index in [1.165, 1.54) is 22.3 Å². The summed E-state index contributed by atoms with van der Waals surface area (Å²) in [5.41, 5.74) is 5.63. The Morgan fingerprint density at radius 2 is 2.00 bits per heavy atom. The molecule has 0 saturated carbocycles. The van der Waals surface area contributed by atoms with E-state index < -0.39 is 0 Å². The lowest BCUT2D eigenvalue weighted by atomic mass is 9.79. The molecule has 19 heavy (non-hydrogen) atoms. The van der Waals surface area contributed by atoms with E-state index >= 15 is 0 Å². The maximum absolute atomic E-state index is 5.56. The molecular weight excluding hydrogens is 232 g/mol. The molecule has 0 atom stereocenters. The molecule has 1 aromatic rings. The van der Waals surface area contributed by atoms with Crippen molar-refractivity contribution in [1.82, 2.24) is 0 Å². The third-order valence-electron chi connectivity index (χ3n) is 3.66. The quantitative estimate of drug-likeness (QED) is 0.701. The lowest BCUT2D eigenvalue weighted by Gasteiger charge is -2.27. The minimum atomic E-state index is 0.164. The molecule has 1 nitrogen and oxygen atoms in total. The summed E-state index contributed by atoms with van der Waals surface area (Å²) in [7, 11) is 0. The van der Waals surface area contributed by atoms with Gasteiger partial charge < -0.3 is 4.74 Å². The molecule has 0 N–H and O–H groups in total. The summed E-state index contributed by atoms with van der Waals surface area (Å²) in [6.45, 7) is 13.5. The number of aryl methyl sites for hydroxylation is 1. The first-order valence-electron chi connectivity index (χ1n) is 7.08. The lowest BCUT2D eigenvalue weighted by molar-refractivity contribution is 0.238. The monoisotopic (exact) mass is 256 g/mol. The summed E-state index contributed by atoms with van der Waals surface area (Å²) >= 11 is 0. The summed E-state index contributed by atoms with van der Waals surface area (Å²) in [6, 6.07) is 6.65. The second-order valence-electron chi connectivity index (χ2n) is 6.15. The van der Waals surface area contributed by atoms with Crippen molar-refractivity contribution in [3.8, 4) is 0 Å². The van der Waals surface area contributed by atoms with Crippen molar-refractivity contribution in [2.24, 2.45) is 0 Å². The minimum absolute atomic E-state index is 0.164. The zero-order chi connectivity index (χ0) is 14.0. The number of ether oxygens (including phenoxy) is 1. The first kappa shape index (κ1) is 13.9. The van der Waals surface area contributed by atoms with Gasteiger partial charge in [0.15, 0.2) is 0 Å². The number of hydrogen-bond acceptors (Lipinski definition) is 1. The maximum Gasteiger partial charge on any atom is 0.115 e. The number of benzene rings is 1. The predicted octanol–water partition coefficient (Wildman–Crippen LogP) is 4.86. The Bertz CT molecular complexity index is 515. The average Bonchev–Trinajstić information content (AvgIpc) is 2.36. The molecule has 1 heteroatoms. The van der Waals surface area contributed by atoms with Gasteiger partial charge in [-0.05, 0) is 53.5 Å². The van der Waals surface area contributed by atoms with Gasteiger partial charge in [-0.1, -0.05) is 45.5 Å². The van der Waals surface area contributed by atoms with Gasteiger partial charge >= 0.3 is 0 Å². The largest absolute Gasteiger partial charge is 0.494 e. The van der Waals surface area contributed by atoms with Gasteiger partial charge in [0.1, 0.15) is 5.76 Å². The SMILES string of the molecule is C=C(OCC)C1=Cc2c(cccc2C(C)(C)C)CC1. The van der Waals surface area contributed by atoms with Crippen LogP contribution < -0.4 is 0 Å². The molecule has 0 amide bonds. The van der Waals surface area contributed by atoms with Crippen molar-refractivity contribution >= 4 is 6.08 Å². The van der Waals surface area contributed by atoms with Crippen molar-refractivity contribution in [2.45, 2.75) is 46.0 Å². The van der Waals surface area contributed by atoms with Gasteiger partial charge in [-0.2, -0.15) is 0 Å². The van der Waals surface area contributed by atoms with Crippen LogP contribution in [0.5, 0.6) is 0 Å². The summed E-state index contributed by atoms with van der Waals surface area (Å²) in [5.74, 6) is 0.830. The van der Waals surface area contributed by atoms with Gasteiger partial charge in [-0.3, -0.25) is 0 Å². The van der Waals surface area contributed by atoms with E-state index in [2.05, 4.69) is 51.6 Å². The van der Waals surface area contributed by atoms with Crippen LogP contribution in [0.25, 0.3) is 6.08 Å². The fraction of sp³-hybridized carbons (Fsp3) is 0.444. The summed E-state index contributed by atoms with van der Waals surface area (Å²) in [5, 5.41) is 0. The molecule has 0 spiro atoms. The van der Waals surface area contributed by atoms with Crippen LogP contribution in [0, 0.1) is 0 Å². The Balaban J connectivity index is 2.46. The van der Waals surface area contributed by atoms with E-state index in [4.69, 9.17) is 4.74 Å². The van der Waals surface area contributed by atoms with E-state index in [0.29, 0.717) is 6.61 Å². The van der Waals surface area contributed by atoms with E-state index in [0.717, 1.165) is 18.6 Å². The van der Waals surface area contributed by atoms with Crippen LogP contribution >= 0.6 is 0 Å². The number of rotatable bonds is 3. The first-order chi connectivity index (χ1) is 8.93. The molecule has 0 radical (unpaired) electrons. The van der Waals surface area contributed by atoms with Crippen molar-refractivity contribution in [3.05, 3.63) is 52.8 Å². The molecule has 1 aliphatic rings. The Labute approximate surface area is 117 Å². The Hall–Kier alpha value is -1.50. The van der Waals surface area contributed by atoms with Gasteiger partial charge in [-0.15, -0.1) is 0 Å². The fourth-order valence-corrected chi connectivity index (χ4v) is 2.66. The third kappa shape index (κ3) is 2.91. The summed E-state index contributed by atoms with van der Waals surface area (Å²) in [4.78, 5) is 0. The van der Waals surface area contributed by atoms with E-state index in [9.17, 15) is 0 Å². The second kappa shape index (κ2) is 5.24. The molecule has 0 aliphatic heterocycles. The molecule has 0 saturated heterocycles. The molecule has 1 aliphatic carbocycles. The highest BCUT2D eigenvalue weighted by Gasteiger charge is 2.22. The Kier molecular flexibility index (Phi) is 3.84. The zero-order valence-corrected chi connectivity index (χ0v) is 12.5. The molecule has 1 aromatic carbocycles. The number of allylic oxidation sites excluding steroid dienone is 1. The maximum atomic E-state index is 5.56. The third-order valence-corrected chi connectivity index (χ3v) is 3.66. The van der Waals surface area contributed by atoms with Crippen molar-refractivity contribution in [1.29, 1.82) is 0 Å². The lowest BCUT2D eigenvalue weighted by Crippen LogP contribution is -2.16. The van der Waals surface area contributed by atoms with Crippen LogP contribution in [0.15, 0.2) is 36.1 Å². The topological polar surface area (TPSA) is 9.23 Å². The molecule has 0 unspecified atom stereocenters. The summed E-state index contributed by atoms with van der Waals surface area (Å²) < 4.78 is 5.56. The second-order valence-corrected chi connectivity index (χ2v) is 6.15. The van der Waals surface area contributed by atoms with Crippen LogP contribution in [0.3, 0.4) is 0 Å². The van der Waals surface area contributed by atoms with E-state index in [1.807, 2.05) is 6.92 Å². The van der Waals surface area contributed by atoms with Gasteiger partial charge in [-0.25, -0.2) is 0 Å². The van der Waals surface area contributed by atoms with E-state index in [-0.39, 0.29) is 5.41 Å². The van der Waals surface area contributed by atoms with Gasteiger partial charge in [0.2, 0.25) is 0 Å². The van der Waals surface area contributed by atoms with Gasteiger partial charge in [0.05, 0.1) is 6.61 Å². The molecular formula is C18H24O. The smallest absolute Gasteiger partial charge is 0.115 e. The van der Waals surface area contributed by atoms with Gasteiger partial charge in [0.25, 0.3) is 0 Å². The molecule has 2 rings (SSSR count). The summed E-state index contributed by atoms with van der Waals surface area (Å²) in [6.07, 6.45) is 4.38. The Morgan fingerprint density at radius 3 is 2.63 bits per heavy atom. The van der Waals surface area contributed by atoms with Crippen molar-refractivity contribution in [3.63, 3.8) is 0 Å². The molecule has 0 fully saturated rings. The van der Waals surface area contributed by atoms with Crippen LogP contribution in [0.2, 0.25) is 0 Å². The predicted molar refractivity (Wildman–Crippen MR) is 82.2 cm³/mol. The van der Waals surface area contributed by atoms with E-state index in [1.54, 1.807) is 0 Å². The Morgan fingerprint density at radius 1 is 1.26 bits per heavy atom. The molecule has 0 bridgehead atoms. The molecule has 0 aromatic heterocycles. The highest BCUT2D eigenvalue weighted by Crippen LogP contribution is 2.35. The molecule has 102 valence electrons. The number of fused-ring (bicyclic) bond motifs is 1. The van der Waals surface area contributed by atoms with Crippen molar-refractivity contribution < 1.29 is 4.74 Å². The first-order valence-corrected chi connectivity index (χ1v) is 7.08. The van der Waals surface area contributed by atoms with Gasteiger partial charge in [0, 0.05) is 0 Å².